The summed E-state index contributed by atoms with van der Waals surface area (Å²) in [5.74, 6) is -0.288. The highest BCUT2D eigenvalue weighted by Gasteiger charge is 2.21. The van der Waals surface area contributed by atoms with Gasteiger partial charge in [0, 0.05) is 30.4 Å². The fraction of sp³-hybridized carbons (Fsp3) is 0.562. The molecule has 0 spiro atoms. The molecule has 0 saturated carbocycles. The number of likely N-dealkylation sites (N-methyl/N-ethyl adjacent to an activating group) is 1. The molecule has 0 aliphatic carbocycles. The SMILES string of the molecule is CCCCOCCN(C(=O)CN(C)S(C)(=O)=O)c1ccc(Br)cc1. The zero-order chi connectivity index (χ0) is 18.2. The van der Waals surface area contributed by atoms with Crippen molar-refractivity contribution in [2.45, 2.75) is 19.8 Å². The maximum Gasteiger partial charge on any atom is 0.242 e. The molecule has 0 unspecified atom stereocenters. The molecule has 0 aliphatic heterocycles. The summed E-state index contributed by atoms with van der Waals surface area (Å²) in [5, 5.41) is 0. The molecule has 24 heavy (non-hydrogen) atoms. The number of unbranched alkanes of at least 4 members (excludes halogenated alkanes) is 1. The first-order chi connectivity index (χ1) is 11.3. The Labute approximate surface area is 153 Å². The lowest BCUT2D eigenvalue weighted by Crippen LogP contribution is -2.42. The van der Waals surface area contributed by atoms with Crippen LogP contribution in [0.2, 0.25) is 0 Å². The Morgan fingerprint density at radius 1 is 1.21 bits per heavy atom. The van der Waals surface area contributed by atoms with Gasteiger partial charge in [-0.05, 0) is 30.7 Å². The van der Waals surface area contributed by atoms with E-state index in [1.165, 1.54) is 7.05 Å². The van der Waals surface area contributed by atoms with Crippen LogP contribution in [0.4, 0.5) is 5.69 Å². The number of anilines is 1. The van der Waals surface area contributed by atoms with E-state index in [4.69, 9.17) is 4.74 Å². The highest BCUT2D eigenvalue weighted by atomic mass is 79.9. The summed E-state index contributed by atoms with van der Waals surface area (Å²) in [5.41, 5.74) is 0.712. The van der Waals surface area contributed by atoms with E-state index < -0.39 is 10.0 Å². The van der Waals surface area contributed by atoms with Crippen LogP contribution in [0.5, 0.6) is 0 Å². The van der Waals surface area contributed by atoms with E-state index in [2.05, 4.69) is 22.9 Å². The number of carbonyl (C=O) groups excluding carboxylic acids is 1. The van der Waals surface area contributed by atoms with Gasteiger partial charge in [-0.2, -0.15) is 4.31 Å². The average molecular weight is 421 g/mol. The Morgan fingerprint density at radius 2 is 1.83 bits per heavy atom. The Bertz CT molecular complexity index is 619. The molecule has 1 amide bonds. The van der Waals surface area contributed by atoms with Gasteiger partial charge in [0.15, 0.2) is 0 Å². The second-order valence-corrected chi connectivity index (χ2v) is 8.51. The number of hydrogen-bond donors (Lipinski definition) is 0. The first-order valence-corrected chi connectivity index (χ1v) is 10.4. The number of carbonyl (C=O) groups is 1. The van der Waals surface area contributed by atoms with Gasteiger partial charge < -0.3 is 9.64 Å². The molecule has 0 N–H and O–H groups in total. The third-order valence-electron chi connectivity index (χ3n) is 3.46. The van der Waals surface area contributed by atoms with Crippen molar-refractivity contribution in [2.75, 3.05) is 44.5 Å². The Hall–Kier alpha value is -0.960. The van der Waals surface area contributed by atoms with E-state index in [1.807, 2.05) is 24.3 Å². The minimum Gasteiger partial charge on any atom is -0.380 e. The number of amides is 1. The number of halogens is 1. The second-order valence-electron chi connectivity index (χ2n) is 5.51. The molecular weight excluding hydrogens is 396 g/mol. The molecule has 0 atom stereocenters. The van der Waals surface area contributed by atoms with Gasteiger partial charge >= 0.3 is 0 Å². The summed E-state index contributed by atoms with van der Waals surface area (Å²) in [6.07, 6.45) is 3.11. The van der Waals surface area contributed by atoms with Crippen LogP contribution in [0.1, 0.15) is 19.8 Å². The summed E-state index contributed by atoms with van der Waals surface area (Å²) in [6.45, 7) is 3.32. The largest absolute Gasteiger partial charge is 0.380 e. The molecule has 0 bridgehead atoms. The maximum absolute atomic E-state index is 12.6. The minimum absolute atomic E-state index is 0.205. The third-order valence-corrected chi connectivity index (χ3v) is 5.25. The van der Waals surface area contributed by atoms with Crippen LogP contribution in [0.25, 0.3) is 0 Å². The van der Waals surface area contributed by atoms with Gasteiger partial charge in [0.1, 0.15) is 0 Å². The molecule has 1 aromatic carbocycles. The van der Waals surface area contributed by atoms with E-state index in [0.29, 0.717) is 25.4 Å². The van der Waals surface area contributed by atoms with Crippen molar-refractivity contribution in [1.82, 2.24) is 4.31 Å². The molecule has 0 radical (unpaired) electrons. The molecular formula is C16H25BrN2O4S. The smallest absolute Gasteiger partial charge is 0.242 e. The van der Waals surface area contributed by atoms with Crippen molar-refractivity contribution in [3.05, 3.63) is 28.7 Å². The fourth-order valence-corrected chi connectivity index (χ4v) is 2.53. The average Bonchev–Trinajstić information content (AvgIpc) is 2.51. The predicted molar refractivity (Wildman–Crippen MR) is 99.7 cm³/mol. The van der Waals surface area contributed by atoms with Crippen molar-refractivity contribution in [1.29, 1.82) is 0 Å². The number of ether oxygens (including phenoxy) is 1. The standard InChI is InChI=1S/C16H25BrN2O4S/c1-4-5-11-23-12-10-19(15-8-6-14(17)7-9-15)16(20)13-18(2)24(3,21)22/h6-9H,4-5,10-13H2,1-3H3. The van der Waals surface area contributed by atoms with Gasteiger partial charge in [-0.25, -0.2) is 8.42 Å². The molecule has 0 aromatic heterocycles. The van der Waals surface area contributed by atoms with Crippen LogP contribution in [-0.4, -0.2) is 58.2 Å². The Kier molecular flexibility index (Phi) is 8.90. The van der Waals surface area contributed by atoms with Crippen LogP contribution >= 0.6 is 15.9 Å². The molecule has 0 aliphatic rings. The summed E-state index contributed by atoms with van der Waals surface area (Å²) in [7, 11) is -2.01. The van der Waals surface area contributed by atoms with E-state index in [9.17, 15) is 13.2 Å². The molecule has 0 heterocycles. The number of benzene rings is 1. The van der Waals surface area contributed by atoms with Crippen molar-refractivity contribution in [3.8, 4) is 0 Å². The van der Waals surface area contributed by atoms with Gasteiger partial charge in [0.25, 0.3) is 0 Å². The summed E-state index contributed by atoms with van der Waals surface area (Å²) in [6, 6.07) is 7.31. The molecule has 136 valence electrons. The Morgan fingerprint density at radius 3 is 2.38 bits per heavy atom. The van der Waals surface area contributed by atoms with Crippen LogP contribution in [-0.2, 0) is 19.6 Å². The number of rotatable bonds is 10. The molecule has 1 rings (SSSR count). The first kappa shape index (κ1) is 21.1. The van der Waals surface area contributed by atoms with Gasteiger partial charge in [0.05, 0.1) is 19.4 Å². The molecule has 6 nitrogen and oxygen atoms in total. The van der Waals surface area contributed by atoms with E-state index in [-0.39, 0.29) is 12.5 Å². The van der Waals surface area contributed by atoms with Gasteiger partial charge in [-0.1, -0.05) is 29.3 Å². The predicted octanol–water partition coefficient (Wildman–Crippen LogP) is 2.49. The topological polar surface area (TPSA) is 66.9 Å². The van der Waals surface area contributed by atoms with E-state index in [0.717, 1.165) is 27.9 Å². The highest BCUT2D eigenvalue weighted by molar-refractivity contribution is 9.10. The van der Waals surface area contributed by atoms with Gasteiger partial charge in [0.2, 0.25) is 15.9 Å². The second kappa shape index (κ2) is 10.1. The molecule has 0 fully saturated rings. The van der Waals surface area contributed by atoms with Gasteiger partial charge in [-0.15, -0.1) is 0 Å². The number of hydrogen-bond acceptors (Lipinski definition) is 4. The van der Waals surface area contributed by atoms with Crippen molar-refractivity contribution < 1.29 is 17.9 Å². The Balaban J connectivity index is 2.80. The quantitative estimate of drug-likeness (QED) is 0.545. The minimum atomic E-state index is -3.41. The lowest BCUT2D eigenvalue weighted by molar-refractivity contribution is -0.118. The summed E-state index contributed by atoms with van der Waals surface area (Å²) in [4.78, 5) is 14.1. The lowest BCUT2D eigenvalue weighted by Gasteiger charge is -2.25. The lowest BCUT2D eigenvalue weighted by atomic mass is 10.3. The van der Waals surface area contributed by atoms with Crippen LogP contribution in [0.3, 0.4) is 0 Å². The summed E-state index contributed by atoms with van der Waals surface area (Å²) >= 11 is 3.36. The first-order valence-electron chi connectivity index (χ1n) is 7.80. The monoisotopic (exact) mass is 420 g/mol. The fourth-order valence-electron chi connectivity index (χ4n) is 1.92. The molecule has 0 saturated heterocycles. The summed E-state index contributed by atoms with van der Waals surface area (Å²) < 4.78 is 30.5. The van der Waals surface area contributed by atoms with E-state index in [1.54, 1.807) is 4.90 Å². The maximum atomic E-state index is 12.6. The zero-order valence-electron chi connectivity index (χ0n) is 14.4. The number of sulfonamides is 1. The van der Waals surface area contributed by atoms with Crippen molar-refractivity contribution in [2.24, 2.45) is 0 Å². The van der Waals surface area contributed by atoms with Crippen LogP contribution in [0.15, 0.2) is 28.7 Å². The number of nitrogens with zero attached hydrogens (tertiary/aromatic N) is 2. The van der Waals surface area contributed by atoms with Crippen LogP contribution in [0, 0.1) is 0 Å². The van der Waals surface area contributed by atoms with Crippen molar-refractivity contribution >= 4 is 37.5 Å². The van der Waals surface area contributed by atoms with Gasteiger partial charge in [-0.3, -0.25) is 4.79 Å². The van der Waals surface area contributed by atoms with Crippen molar-refractivity contribution in [3.63, 3.8) is 0 Å². The zero-order valence-corrected chi connectivity index (χ0v) is 16.8. The molecule has 8 heteroatoms. The molecule has 1 aromatic rings. The van der Waals surface area contributed by atoms with E-state index >= 15 is 0 Å². The highest BCUT2D eigenvalue weighted by Crippen LogP contribution is 2.19. The third kappa shape index (κ3) is 7.29. The van der Waals surface area contributed by atoms with Crippen LogP contribution < -0.4 is 4.90 Å². The normalized spacial score (nSPS) is 11.7.